The molecule has 1 aromatic rings. The smallest absolute Gasteiger partial charge is 0.336 e. The minimum absolute atomic E-state index is 0.189. The zero-order valence-corrected chi connectivity index (χ0v) is 11.0. The zero-order chi connectivity index (χ0) is 13.0. The van der Waals surface area contributed by atoms with Gasteiger partial charge in [0.25, 0.3) is 0 Å². The average Bonchev–Trinajstić information content (AvgIpc) is 2.36. The van der Waals surface area contributed by atoms with E-state index in [9.17, 15) is 9.36 Å². The number of hydrogen-bond donors (Lipinski definition) is 0. The van der Waals surface area contributed by atoms with Gasteiger partial charge in [0, 0.05) is 13.1 Å². The van der Waals surface area contributed by atoms with Crippen LogP contribution in [0.1, 0.15) is 12.0 Å². The van der Waals surface area contributed by atoms with Gasteiger partial charge in [-0.3, -0.25) is 9.09 Å². The molecule has 18 heavy (non-hydrogen) atoms. The van der Waals surface area contributed by atoms with Crippen LogP contribution in [0.25, 0.3) is 0 Å². The van der Waals surface area contributed by atoms with Crippen LogP contribution in [-0.4, -0.2) is 25.3 Å². The summed E-state index contributed by atoms with van der Waals surface area (Å²) in [6, 6.07) is 9.36. The van der Waals surface area contributed by atoms with E-state index in [4.69, 9.17) is 13.8 Å². The summed E-state index contributed by atoms with van der Waals surface area (Å²) in [6.07, 6.45) is -0.427. The standard InChI is InChI=1S/C12H15O5P/c1-18(14)16-8-7-11(17-18)12(13)15-9-10-5-3-2-4-6-10/h2-6,11H,7-9H2,1H3. The number of rotatable bonds is 3. The van der Waals surface area contributed by atoms with Crippen molar-refractivity contribution in [1.82, 2.24) is 0 Å². The highest BCUT2D eigenvalue weighted by Crippen LogP contribution is 2.48. The van der Waals surface area contributed by atoms with Gasteiger partial charge in [-0.05, 0) is 5.56 Å². The molecule has 0 N–H and O–H groups in total. The van der Waals surface area contributed by atoms with E-state index < -0.39 is 19.7 Å². The number of carbonyl (C=O) groups is 1. The van der Waals surface area contributed by atoms with Gasteiger partial charge in [0.1, 0.15) is 6.61 Å². The summed E-state index contributed by atoms with van der Waals surface area (Å²) in [4.78, 5) is 11.7. The molecule has 0 bridgehead atoms. The Bertz CT molecular complexity index is 459. The second kappa shape index (κ2) is 5.65. The first-order chi connectivity index (χ1) is 8.57. The number of ether oxygens (including phenoxy) is 1. The lowest BCUT2D eigenvalue weighted by Gasteiger charge is -2.26. The monoisotopic (exact) mass is 270 g/mol. The third-order valence-corrected chi connectivity index (χ3v) is 3.80. The highest BCUT2D eigenvalue weighted by atomic mass is 31.2. The molecule has 0 aromatic heterocycles. The molecular formula is C12H15O5P. The molecule has 0 saturated carbocycles. The Morgan fingerprint density at radius 1 is 1.44 bits per heavy atom. The van der Waals surface area contributed by atoms with E-state index in [0.717, 1.165) is 5.56 Å². The third kappa shape index (κ3) is 3.67. The Morgan fingerprint density at radius 3 is 2.83 bits per heavy atom. The number of esters is 1. The largest absolute Gasteiger partial charge is 0.459 e. The summed E-state index contributed by atoms with van der Waals surface area (Å²) >= 11 is 0. The third-order valence-electron chi connectivity index (χ3n) is 2.51. The Hall–Kier alpha value is -1.16. The van der Waals surface area contributed by atoms with E-state index in [2.05, 4.69) is 0 Å². The molecule has 2 rings (SSSR count). The Kier molecular flexibility index (Phi) is 4.17. The van der Waals surface area contributed by atoms with Gasteiger partial charge in [-0.15, -0.1) is 0 Å². The van der Waals surface area contributed by atoms with E-state index in [0.29, 0.717) is 6.42 Å². The van der Waals surface area contributed by atoms with Crippen LogP contribution in [0, 0.1) is 0 Å². The van der Waals surface area contributed by atoms with Gasteiger partial charge in [0.2, 0.25) is 0 Å². The summed E-state index contributed by atoms with van der Waals surface area (Å²) < 4.78 is 26.7. The molecule has 0 amide bonds. The fraction of sp³-hybridized carbons (Fsp3) is 0.417. The summed E-state index contributed by atoms with van der Waals surface area (Å²) in [5, 5.41) is 0. The molecule has 2 unspecified atom stereocenters. The fourth-order valence-corrected chi connectivity index (χ4v) is 2.77. The molecule has 6 heteroatoms. The summed E-state index contributed by atoms with van der Waals surface area (Å²) in [6.45, 7) is 1.79. The van der Waals surface area contributed by atoms with Crippen LogP contribution in [-0.2, 0) is 29.8 Å². The molecular weight excluding hydrogens is 255 g/mol. The maximum atomic E-state index is 11.7. The molecule has 1 aromatic carbocycles. The number of carbonyl (C=O) groups excluding carboxylic acids is 1. The van der Waals surface area contributed by atoms with E-state index in [1.807, 2.05) is 30.3 Å². The van der Waals surface area contributed by atoms with Crippen molar-refractivity contribution in [3.05, 3.63) is 35.9 Å². The van der Waals surface area contributed by atoms with E-state index in [-0.39, 0.29) is 13.2 Å². The predicted octanol–water partition coefficient (Wildman–Crippen LogP) is 2.36. The summed E-state index contributed by atoms with van der Waals surface area (Å²) in [7, 11) is -3.09. The van der Waals surface area contributed by atoms with Gasteiger partial charge in [0.05, 0.1) is 6.61 Å². The van der Waals surface area contributed by atoms with Crippen LogP contribution in [0.5, 0.6) is 0 Å². The maximum Gasteiger partial charge on any atom is 0.336 e. The predicted molar refractivity (Wildman–Crippen MR) is 65.2 cm³/mol. The van der Waals surface area contributed by atoms with Gasteiger partial charge in [-0.1, -0.05) is 30.3 Å². The normalized spacial score (nSPS) is 27.7. The van der Waals surface area contributed by atoms with Gasteiger partial charge >= 0.3 is 13.6 Å². The van der Waals surface area contributed by atoms with Gasteiger partial charge in [-0.25, -0.2) is 4.79 Å². The zero-order valence-electron chi connectivity index (χ0n) is 10.1. The topological polar surface area (TPSA) is 61.8 Å². The number of hydrogen-bond acceptors (Lipinski definition) is 5. The van der Waals surface area contributed by atoms with Crippen molar-refractivity contribution < 1.29 is 23.1 Å². The van der Waals surface area contributed by atoms with Gasteiger partial charge < -0.3 is 9.26 Å². The molecule has 1 fully saturated rings. The van der Waals surface area contributed by atoms with E-state index >= 15 is 0 Å². The SMILES string of the molecule is CP1(=O)OCCC(C(=O)OCc2ccccc2)O1. The molecule has 0 aliphatic carbocycles. The molecule has 2 atom stereocenters. The average molecular weight is 270 g/mol. The van der Waals surface area contributed by atoms with Crippen molar-refractivity contribution in [3.8, 4) is 0 Å². The highest BCUT2D eigenvalue weighted by molar-refractivity contribution is 7.53. The summed E-state index contributed by atoms with van der Waals surface area (Å²) in [5.41, 5.74) is 0.901. The van der Waals surface area contributed by atoms with Crippen LogP contribution < -0.4 is 0 Å². The quantitative estimate of drug-likeness (QED) is 0.623. The Labute approximate surface area is 106 Å². The van der Waals surface area contributed by atoms with Crippen molar-refractivity contribution in [3.63, 3.8) is 0 Å². The second-order valence-electron chi connectivity index (χ2n) is 4.08. The first-order valence-corrected chi connectivity index (χ1v) is 7.67. The van der Waals surface area contributed by atoms with Crippen LogP contribution in [0.3, 0.4) is 0 Å². The van der Waals surface area contributed by atoms with Crippen molar-refractivity contribution in [2.24, 2.45) is 0 Å². The van der Waals surface area contributed by atoms with Crippen LogP contribution in [0.15, 0.2) is 30.3 Å². The van der Waals surface area contributed by atoms with Crippen molar-refractivity contribution in [2.45, 2.75) is 19.1 Å². The molecule has 1 aliphatic rings. The van der Waals surface area contributed by atoms with Crippen LogP contribution >= 0.6 is 7.60 Å². The molecule has 1 heterocycles. The first-order valence-electron chi connectivity index (χ1n) is 5.68. The van der Waals surface area contributed by atoms with Gasteiger partial charge in [0.15, 0.2) is 6.10 Å². The van der Waals surface area contributed by atoms with Crippen LogP contribution in [0.4, 0.5) is 0 Å². The lowest BCUT2D eigenvalue weighted by molar-refractivity contribution is -0.155. The molecule has 1 aliphatic heterocycles. The van der Waals surface area contributed by atoms with Gasteiger partial charge in [-0.2, -0.15) is 0 Å². The van der Waals surface area contributed by atoms with Crippen molar-refractivity contribution in [2.75, 3.05) is 13.3 Å². The molecule has 0 spiro atoms. The lowest BCUT2D eigenvalue weighted by atomic mass is 10.2. The highest BCUT2D eigenvalue weighted by Gasteiger charge is 2.34. The molecule has 0 radical (unpaired) electrons. The molecule has 5 nitrogen and oxygen atoms in total. The van der Waals surface area contributed by atoms with Crippen molar-refractivity contribution in [1.29, 1.82) is 0 Å². The maximum absolute atomic E-state index is 11.7. The Balaban J connectivity index is 1.87. The van der Waals surface area contributed by atoms with Crippen LogP contribution in [0.2, 0.25) is 0 Å². The van der Waals surface area contributed by atoms with E-state index in [1.54, 1.807) is 0 Å². The number of benzene rings is 1. The summed E-state index contributed by atoms with van der Waals surface area (Å²) in [5.74, 6) is -0.496. The first kappa shape index (κ1) is 13.3. The molecule has 1 saturated heterocycles. The van der Waals surface area contributed by atoms with E-state index in [1.165, 1.54) is 6.66 Å². The minimum Gasteiger partial charge on any atom is -0.459 e. The van der Waals surface area contributed by atoms with Crippen molar-refractivity contribution >= 4 is 13.6 Å². The fourth-order valence-electron chi connectivity index (χ4n) is 1.62. The second-order valence-corrected chi connectivity index (χ2v) is 6.09. The molecule has 98 valence electrons. The minimum atomic E-state index is -3.09. The lowest BCUT2D eigenvalue weighted by Crippen LogP contribution is -2.30. The Morgan fingerprint density at radius 2 is 2.17 bits per heavy atom.